The van der Waals surface area contributed by atoms with Crippen LogP contribution in [0.4, 0.5) is 17.1 Å². The first-order valence-electron chi connectivity index (χ1n) is 11.9. The summed E-state index contributed by atoms with van der Waals surface area (Å²) in [4.78, 5) is 26.1. The lowest BCUT2D eigenvalue weighted by Gasteiger charge is -2.26. The van der Waals surface area contributed by atoms with Crippen LogP contribution in [0.15, 0.2) is 90.0 Å². The van der Waals surface area contributed by atoms with Gasteiger partial charge in [-0.15, -0.1) is 0 Å². The first-order chi connectivity index (χ1) is 18.9. The van der Waals surface area contributed by atoms with Crippen LogP contribution in [0, 0.1) is 22.7 Å². The van der Waals surface area contributed by atoms with E-state index in [0.29, 0.717) is 11.1 Å². The molecule has 0 bridgehead atoms. The van der Waals surface area contributed by atoms with E-state index in [1.165, 1.54) is 0 Å². The maximum atomic E-state index is 12.1. The number of para-hydroxylation sites is 1. The van der Waals surface area contributed by atoms with Crippen molar-refractivity contribution in [1.29, 1.82) is 10.5 Å². The predicted octanol–water partition coefficient (Wildman–Crippen LogP) is 7.23. The Balaban J connectivity index is 2.03. The molecular weight excluding hydrogens is 537 g/mol. The molecule has 7 nitrogen and oxygen atoms in total. The maximum Gasteiger partial charge on any atom is 0.350 e. The standard InChI is InChI=1S/C30H23Cl2N3O4/c1-3-38-29(36)25(18-33)27(31)20-10-14-23(15-11-20)35(22-8-6-5-7-9-22)24-16-12-21(13-17-24)28(32)26(19-34)30(37)39-4-2/h5-17H,3-4H2,1-2H3/b27-25-,28-26-. The van der Waals surface area contributed by atoms with Crippen LogP contribution in [0.3, 0.4) is 0 Å². The number of anilines is 3. The van der Waals surface area contributed by atoms with Crippen LogP contribution >= 0.6 is 23.2 Å². The molecule has 3 aromatic rings. The van der Waals surface area contributed by atoms with Crippen molar-refractivity contribution in [1.82, 2.24) is 0 Å². The molecule has 0 aliphatic heterocycles. The van der Waals surface area contributed by atoms with Gasteiger partial charge in [0.15, 0.2) is 11.1 Å². The Hall–Kier alpha value is -4.56. The molecule has 0 aromatic heterocycles. The molecule has 3 aromatic carbocycles. The molecule has 3 rings (SSSR count). The minimum absolute atomic E-state index is 0.00515. The van der Waals surface area contributed by atoms with Gasteiger partial charge >= 0.3 is 11.9 Å². The van der Waals surface area contributed by atoms with Crippen molar-refractivity contribution >= 4 is 62.3 Å². The summed E-state index contributed by atoms with van der Waals surface area (Å²) < 4.78 is 9.84. The van der Waals surface area contributed by atoms with Gasteiger partial charge in [-0.3, -0.25) is 0 Å². The van der Waals surface area contributed by atoms with E-state index < -0.39 is 11.9 Å². The summed E-state index contributed by atoms with van der Waals surface area (Å²) in [6.07, 6.45) is 0. The predicted molar refractivity (Wildman–Crippen MR) is 151 cm³/mol. The number of carbonyl (C=O) groups excluding carboxylic acids is 2. The number of hydrogen-bond acceptors (Lipinski definition) is 7. The normalized spacial score (nSPS) is 11.7. The lowest BCUT2D eigenvalue weighted by Crippen LogP contribution is -2.10. The summed E-state index contributed by atoms with van der Waals surface area (Å²) >= 11 is 12.7. The summed E-state index contributed by atoms with van der Waals surface area (Å²) in [5, 5.41) is 18.8. The second-order valence-electron chi connectivity index (χ2n) is 7.81. The molecule has 9 heteroatoms. The number of nitriles is 2. The second kappa shape index (κ2) is 13.8. The molecule has 0 heterocycles. The van der Waals surface area contributed by atoms with Crippen LogP contribution in [0.5, 0.6) is 0 Å². The fourth-order valence-electron chi connectivity index (χ4n) is 3.60. The van der Waals surface area contributed by atoms with E-state index in [0.717, 1.165) is 17.1 Å². The molecule has 0 fully saturated rings. The molecule has 0 N–H and O–H groups in total. The van der Waals surface area contributed by atoms with Crippen molar-refractivity contribution < 1.29 is 19.1 Å². The van der Waals surface area contributed by atoms with Crippen LogP contribution in [0.25, 0.3) is 10.1 Å². The van der Waals surface area contributed by atoms with Gasteiger partial charge in [-0.1, -0.05) is 65.7 Å². The monoisotopic (exact) mass is 559 g/mol. The summed E-state index contributed by atoms with van der Waals surface area (Å²) in [7, 11) is 0. The minimum atomic E-state index is -0.782. The highest BCUT2D eigenvalue weighted by Crippen LogP contribution is 2.37. The number of benzene rings is 3. The SMILES string of the molecule is CCOC(=O)/C(C#N)=C(\Cl)c1ccc(N(c2ccccc2)c2ccc(/C(Cl)=C(\C#N)C(=O)OCC)cc2)cc1. The van der Waals surface area contributed by atoms with Crippen molar-refractivity contribution in [3.8, 4) is 12.1 Å². The van der Waals surface area contributed by atoms with E-state index in [1.807, 2.05) is 47.4 Å². The van der Waals surface area contributed by atoms with Gasteiger partial charge in [0.05, 0.1) is 23.3 Å². The van der Waals surface area contributed by atoms with E-state index in [4.69, 9.17) is 32.7 Å². The highest BCUT2D eigenvalue weighted by molar-refractivity contribution is 6.51. The minimum Gasteiger partial charge on any atom is -0.462 e. The lowest BCUT2D eigenvalue weighted by atomic mass is 10.1. The van der Waals surface area contributed by atoms with Gasteiger partial charge in [0.25, 0.3) is 0 Å². The van der Waals surface area contributed by atoms with Crippen molar-refractivity contribution in [3.05, 3.63) is 101 Å². The zero-order valence-corrected chi connectivity index (χ0v) is 22.7. The van der Waals surface area contributed by atoms with Crippen molar-refractivity contribution in [2.45, 2.75) is 13.8 Å². The average Bonchev–Trinajstić information content (AvgIpc) is 2.95. The third kappa shape index (κ3) is 6.86. The highest BCUT2D eigenvalue weighted by atomic mass is 35.5. The first kappa shape index (κ1) is 29.0. The quantitative estimate of drug-likeness (QED) is 0.155. The van der Waals surface area contributed by atoms with Gasteiger partial charge in [-0.25, -0.2) is 9.59 Å². The van der Waals surface area contributed by atoms with E-state index in [2.05, 4.69) is 0 Å². The number of rotatable bonds is 9. The van der Waals surface area contributed by atoms with Gasteiger partial charge in [0, 0.05) is 17.1 Å². The molecule has 0 saturated carbocycles. The number of esters is 2. The molecule has 0 radical (unpaired) electrons. The van der Waals surface area contributed by atoms with Gasteiger partial charge in [0.2, 0.25) is 0 Å². The second-order valence-corrected chi connectivity index (χ2v) is 8.56. The van der Waals surface area contributed by atoms with Crippen LogP contribution < -0.4 is 4.90 Å². The Kier molecular flexibility index (Phi) is 10.3. The third-order valence-electron chi connectivity index (χ3n) is 5.39. The highest BCUT2D eigenvalue weighted by Gasteiger charge is 2.19. The fourth-order valence-corrected chi connectivity index (χ4v) is 4.09. The topological polar surface area (TPSA) is 103 Å². The zero-order valence-electron chi connectivity index (χ0n) is 21.2. The fraction of sp³-hybridized carbons (Fsp3) is 0.133. The third-order valence-corrected chi connectivity index (χ3v) is 6.21. The number of ether oxygens (including phenoxy) is 2. The van der Waals surface area contributed by atoms with Gasteiger partial charge in [-0.2, -0.15) is 10.5 Å². The molecular formula is C30H23Cl2N3O4. The largest absolute Gasteiger partial charge is 0.462 e. The number of hydrogen-bond donors (Lipinski definition) is 0. The van der Waals surface area contributed by atoms with Gasteiger partial charge < -0.3 is 14.4 Å². The molecule has 0 saturated heterocycles. The summed E-state index contributed by atoms with van der Waals surface area (Å²) in [5.41, 5.74) is 2.80. The molecule has 0 aliphatic carbocycles. The zero-order chi connectivity index (χ0) is 28.4. The summed E-state index contributed by atoms with van der Waals surface area (Å²) in [6.45, 7) is 3.54. The van der Waals surface area contributed by atoms with Crippen molar-refractivity contribution in [2.24, 2.45) is 0 Å². The Morgan fingerprint density at radius 3 is 1.36 bits per heavy atom. The van der Waals surface area contributed by atoms with Gasteiger partial charge in [-0.05, 0) is 61.4 Å². The van der Waals surface area contributed by atoms with E-state index in [9.17, 15) is 20.1 Å². The molecule has 196 valence electrons. The van der Waals surface area contributed by atoms with Crippen LogP contribution in [-0.4, -0.2) is 25.2 Å². The molecule has 0 spiro atoms. The van der Waals surface area contributed by atoms with Crippen LogP contribution in [0.2, 0.25) is 0 Å². The van der Waals surface area contributed by atoms with E-state index >= 15 is 0 Å². The molecule has 0 aliphatic rings. The smallest absolute Gasteiger partial charge is 0.350 e. The van der Waals surface area contributed by atoms with E-state index in [1.54, 1.807) is 62.4 Å². The van der Waals surface area contributed by atoms with Crippen molar-refractivity contribution in [3.63, 3.8) is 0 Å². The molecule has 39 heavy (non-hydrogen) atoms. The van der Waals surface area contributed by atoms with Crippen LogP contribution in [-0.2, 0) is 19.1 Å². The lowest BCUT2D eigenvalue weighted by molar-refractivity contribution is -0.138. The van der Waals surface area contributed by atoms with E-state index in [-0.39, 0.29) is 34.4 Å². The Labute approximate surface area is 236 Å². The van der Waals surface area contributed by atoms with Crippen molar-refractivity contribution in [2.75, 3.05) is 18.1 Å². The van der Waals surface area contributed by atoms with Gasteiger partial charge in [0.1, 0.15) is 12.1 Å². The molecule has 0 amide bonds. The Morgan fingerprint density at radius 2 is 1.03 bits per heavy atom. The molecule has 0 atom stereocenters. The summed E-state index contributed by atoms with van der Waals surface area (Å²) in [6, 6.07) is 27.3. The number of halogens is 2. The van der Waals surface area contributed by atoms with Crippen LogP contribution in [0.1, 0.15) is 25.0 Å². The maximum absolute atomic E-state index is 12.1. The summed E-state index contributed by atoms with van der Waals surface area (Å²) in [5.74, 6) is -1.56. The molecule has 0 unspecified atom stereocenters. The number of carbonyl (C=O) groups is 2. The Morgan fingerprint density at radius 1 is 0.667 bits per heavy atom. The Bertz CT molecular complexity index is 1390. The number of nitrogens with zero attached hydrogens (tertiary/aromatic N) is 3. The first-order valence-corrected chi connectivity index (χ1v) is 12.6. The average molecular weight is 560 g/mol.